The summed E-state index contributed by atoms with van der Waals surface area (Å²) in [5.41, 5.74) is 3.60. The SMILES string of the molecule is CCc1nc(C2CC2)c(C(=O)NC)n1Cc1ccc2oc(-c3ccccc3C(=O)NS(=O)(=O)c3ccccc3)c(Br)c2c1. The number of halogens is 1. The first-order chi connectivity index (χ1) is 20.7. The lowest BCUT2D eigenvalue weighted by molar-refractivity contribution is 0.0950. The zero-order valence-electron chi connectivity index (χ0n) is 23.6. The second kappa shape index (κ2) is 11.5. The van der Waals surface area contributed by atoms with Crippen LogP contribution in [0.1, 0.15) is 63.6 Å². The normalized spacial score (nSPS) is 13.3. The molecule has 0 bridgehead atoms. The summed E-state index contributed by atoms with van der Waals surface area (Å²) < 4.78 is 36.7. The molecule has 0 radical (unpaired) electrons. The number of sulfonamides is 1. The molecular weight excluding hydrogens is 632 g/mol. The minimum atomic E-state index is -4.07. The molecule has 1 aliphatic rings. The Kier molecular flexibility index (Phi) is 7.70. The number of carbonyl (C=O) groups excluding carboxylic acids is 2. The first-order valence-corrected chi connectivity index (χ1v) is 16.2. The molecule has 6 rings (SSSR count). The van der Waals surface area contributed by atoms with Gasteiger partial charge in [0, 0.05) is 36.9 Å². The second-order valence-corrected chi connectivity index (χ2v) is 12.9. The van der Waals surface area contributed by atoms with E-state index < -0.39 is 15.9 Å². The Bertz CT molecular complexity index is 1980. The van der Waals surface area contributed by atoms with E-state index in [-0.39, 0.29) is 16.4 Å². The third-order valence-electron chi connectivity index (χ3n) is 7.53. The molecule has 2 heterocycles. The van der Waals surface area contributed by atoms with Crippen molar-refractivity contribution in [2.24, 2.45) is 0 Å². The van der Waals surface area contributed by atoms with Gasteiger partial charge in [-0.3, -0.25) is 9.59 Å². The average Bonchev–Trinajstić information content (AvgIpc) is 3.73. The van der Waals surface area contributed by atoms with Crippen LogP contribution >= 0.6 is 15.9 Å². The standard InChI is InChI=1S/C32H29BrN4O5S/c1-3-26-35-28(20-14-15-20)29(32(39)34-2)37(26)18-19-13-16-25-24(17-19)27(33)30(42-25)22-11-7-8-12-23(22)31(38)36-43(40,41)21-9-5-4-6-10-21/h4-13,16-17,20H,3,14-15,18H2,1-2H3,(H,34,39)(H,36,38). The van der Waals surface area contributed by atoms with Crippen molar-refractivity contribution in [3.05, 3.63) is 106 Å². The highest BCUT2D eigenvalue weighted by Gasteiger charge is 2.33. The van der Waals surface area contributed by atoms with E-state index in [0.717, 1.165) is 35.3 Å². The summed E-state index contributed by atoms with van der Waals surface area (Å²) in [6, 6.07) is 20.2. The van der Waals surface area contributed by atoms with E-state index in [9.17, 15) is 18.0 Å². The quantitative estimate of drug-likeness (QED) is 0.199. The van der Waals surface area contributed by atoms with Gasteiger partial charge in [0.15, 0.2) is 0 Å². The predicted octanol–water partition coefficient (Wildman–Crippen LogP) is 6.03. The number of aryl methyl sites for hydroxylation is 1. The van der Waals surface area contributed by atoms with Crippen LogP contribution in [0.5, 0.6) is 0 Å². The van der Waals surface area contributed by atoms with E-state index in [1.165, 1.54) is 12.1 Å². The molecule has 0 saturated heterocycles. The number of carbonyl (C=O) groups is 2. The van der Waals surface area contributed by atoms with Gasteiger partial charge in [-0.25, -0.2) is 18.1 Å². The van der Waals surface area contributed by atoms with Crippen LogP contribution < -0.4 is 10.0 Å². The highest BCUT2D eigenvalue weighted by atomic mass is 79.9. The maximum absolute atomic E-state index is 13.2. The maximum Gasteiger partial charge on any atom is 0.269 e. The largest absolute Gasteiger partial charge is 0.455 e. The van der Waals surface area contributed by atoms with Crippen LogP contribution in [0, 0.1) is 0 Å². The smallest absolute Gasteiger partial charge is 0.269 e. The van der Waals surface area contributed by atoms with E-state index >= 15 is 0 Å². The van der Waals surface area contributed by atoms with Gasteiger partial charge in [-0.15, -0.1) is 0 Å². The number of nitrogens with zero attached hydrogens (tertiary/aromatic N) is 2. The highest BCUT2D eigenvalue weighted by Crippen LogP contribution is 2.42. The van der Waals surface area contributed by atoms with Gasteiger partial charge in [0.05, 0.1) is 20.6 Å². The topological polar surface area (TPSA) is 123 Å². The van der Waals surface area contributed by atoms with Crippen LogP contribution in [0.25, 0.3) is 22.3 Å². The second-order valence-electron chi connectivity index (χ2n) is 10.4. The zero-order chi connectivity index (χ0) is 30.3. The van der Waals surface area contributed by atoms with Crippen molar-refractivity contribution in [3.8, 4) is 11.3 Å². The maximum atomic E-state index is 13.2. The minimum absolute atomic E-state index is 0.00812. The molecule has 2 amide bonds. The van der Waals surface area contributed by atoms with Gasteiger partial charge < -0.3 is 14.3 Å². The van der Waals surface area contributed by atoms with Gasteiger partial charge in [-0.2, -0.15) is 0 Å². The third-order valence-corrected chi connectivity index (χ3v) is 9.66. The Hall–Kier alpha value is -4.22. The van der Waals surface area contributed by atoms with Crippen LogP contribution in [0.3, 0.4) is 0 Å². The molecule has 2 N–H and O–H groups in total. The molecule has 220 valence electrons. The van der Waals surface area contributed by atoms with Gasteiger partial charge in [0.2, 0.25) is 0 Å². The zero-order valence-corrected chi connectivity index (χ0v) is 26.0. The van der Waals surface area contributed by atoms with E-state index in [1.807, 2.05) is 29.7 Å². The molecule has 9 nitrogen and oxygen atoms in total. The molecule has 2 aromatic heterocycles. The fourth-order valence-corrected chi connectivity index (χ4v) is 6.83. The molecule has 0 spiro atoms. The van der Waals surface area contributed by atoms with E-state index in [0.29, 0.717) is 46.0 Å². The van der Waals surface area contributed by atoms with Crippen LogP contribution in [0.2, 0.25) is 0 Å². The highest BCUT2D eigenvalue weighted by molar-refractivity contribution is 9.10. The lowest BCUT2D eigenvalue weighted by Crippen LogP contribution is -2.30. The molecule has 1 fully saturated rings. The first-order valence-electron chi connectivity index (χ1n) is 14.0. The van der Waals surface area contributed by atoms with Crippen molar-refractivity contribution < 1.29 is 22.4 Å². The van der Waals surface area contributed by atoms with Crippen molar-refractivity contribution in [2.75, 3.05) is 7.05 Å². The fraction of sp³-hybridized carbons (Fsp3) is 0.219. The van der Waals surface area contributed by atoms with E-state index in [2.05, 4.69) is 26.0 Å². The summed E-state index contributed by atoms with van der Waals surface area (Å²) in [6.07, 6.45) is 2.77. The van der Waals surface area contributed by atoms with Crippen LogP contribution in [-0.4, -0.2) is 36.8 Å². The van der Waals surface area contributed by atoms with Gasteiger partial charge in [0.1, 0.15) is 22.9 Å². The fourth-order valence-electron chi connectivity index (χ4n) is 5.24. The van der Waals surface area contributed by atoms with E-state index in [4.69, 9.17) is 9.40 Å². The summed E-state index contributed by atoms with van der Waals surface area (Å²) in [4.78, 5) is 31.0. The van der Waals surface area contributed by atoms with Crippen LogP contribution in [-0.2, 0) is 23.0 Å². The van der Waals surface area contributed by atoms with Crippen molar-refractivity contribution in [1.82, 2.24) is 19.6 Å². The number of benzene rings is 3. The number of amides is 2. The molecule has 0 aliphatic heterocycles. The molecule has 3 aromatic carbocycles. The predicted molar refractivity (Wildman–Crippen MR) is 167 cm³/mol. The third kappa shape index (κ3) is 5.50. The summed E-state index contributed by atoms with van der Waals surface area (Å²) >= 11 is 3.67. The number of aromatic nitrogens is 2. The molecule has 11 heteroatoms. The number of nitrogens with one attached hydrogen (secondary N) is 2. The molecule has 1 saturated carbocycles. The van der Waals surface area contributed by atoms with Crippen molar-refractivity contribution >= 4 is 48.7 Å². The molecular formula is C32H29BrN4O5S. The lowest BCUT2D eigenvalue weighted by atomic mass is 10.0. The van der Waals surface area contributed by atoms with Crippen molar-refractivity contribution in [1.29, 1.82) is 0 Å². The summed E-state index contributed by atoms with van der Waals surface area (Å²) in [7, 11) is -2.44. The Morgan fingerprint density at radius 3 is 2.44 bits per heavy atom. The Morgan fingerprint density at radius 2 is 1.74 bits per heavy atom. The van der Waals surface area contributed by atoms with Gasteiger partial charge >= 0.3 is 0 Å². The first kappa shape index (κ1) is 28.9. The van der Waals surface area contributed by atoms with Crippen molar-refractivity contribution in [3.63, 3.8) is 0 Å². The summed E-state index contributed by atoms with van der Waals surface area (Å²) in [6.45, 7) is 2.48. The van der Waals surface area contributed by atoms with Crippen molar-refractivity contribution in [2.45, 2.75) is 43.5 Å². The number of hydrogen-bond acceptors (Lipinski definition) is 6. The number of hydrogen-bond donors (Lipinski definition) is 2. The van der Waals surface area contributed by atoms with Crippen LogP contribution in [0.4, 0.5) is 0 Å². The average molecular weight is 662 g/mol. The summed E-state index contributed by atoms with van der Waals surface area (Å²) in [5.74, 6) is 0.665. The van der Waals surface area contributed by atoms with Gasteiger partial charge in [-0.1, -0.05) is 49.4 Å². The molecule has 43 heavy (non-hydrogen) atoms. The number of imidazole rings is 1. The van der Waals surface area contributed by atoms with Gasteiger partial charge in [-0.05, 0) is 64.7 Å². The lowest BCUT2D eigenvalue weighted by Gasteiger charge is -2.12. The Morgan fingerprint density at radius 1 is 1.02 bits per heavy atom. The molecule has 0 atom stereocenters. The Labute approximate surface area is 257 Å². The monoisotopic (exact) mass is 660 g/mol. The van der Waals surface area contributed by atoms with E-state index in [1.54, 1.807) is 49.5 Å². The number of furan rings is 1. The van der Waals surface area contributed by atoms with Crippen LogP contribution in [0.15, 0.2) is 86.6 Å². The number of rotatable bonds is 9. The molecule has 0 unspecified atom stereocenters. The Balaban J connectivity index is 1.35. The minimum Gasteiger partial charge on any atom is -0.455 e. The molecule has 5 aromatic rings. The summed E-state index contributed by atoms with van der Waals surface area (Å²) in [5, 5.41) is 3.55. The molecule has 1 aliphatic carbocycles. The number of fused-ring (bicyclic) bond motifs is 1. The van der Waals surface area contributed by atoms with Gasteiger partial charge in [0.25, 0.3) is 21.8 Å².